The lowest BCUT2D eigenvalue weighted by Gasteiger charge is -2.31. The molecule has 0 aromatic heterocycles. The van der Waals surface area contributed by atoms with Gasteiger partial charge in [-0.1, -0.05) is 36.0 Å². The maximum atomic E-state index is 12.0. The Morgan fingerprint density at radius 3 is 2.67 bits per heavy atom. The van der Waals surface area contributed by atoms with E-state index in [2.05, 4.69) is 15.5 Å². The van der Waals surface area contributed by atoms with Gasteiger partial charge in [0, 0.05) is 25.7 Å². The van der Waals surface area contributed by atoms with E-state index in [1.165, 1.54) is 0 Å². The number of anilines is 1. The highest BCUT2D eigenvalue weighted by atomic mass is 35.5. The van der Waals surface area contributed by atoms with Crippen LogP contribution in [-0.4, -0.2) is 41.6 Å². The van der Waals surface area contributed by atoms with Crippen molar-refractivity contribution in [2.75, 3.05) is 25.0 Å². The topological polar surface area (TPSA) is 70.4 Å². The van der Waals surface area contributed by atoms with Gasteiger partial charge in [0.05, 0.1) is 15.7 Å². The smallest absolute Gasteiger partial charge is 0.319 e. The molecule has 1 saturated heterocycles. The van der Waals surface area contributed by atoms with Gasteiger partial charge in [-0.15, -0.1) is 0 Å². The summed E-state index contributed by atoms with van der Waals surface area (Å²) in [4.78, 5) is 14.7. The van der Waals surface area contributed by atoms with Crippen molar-refractivity contribution in [1.82, 2.24) is 10.2 Å². The highest BCUT2D eigenvalue weighted by Gasteiger charge is 2.21. The summed E-state index contributed by atoms with van der Waals surface area (Å²) in [5, 5.41) is 6.26. The van der Waals surface area contributed by atoms with Gasteiger partial charge in [0.15, 0.2) is 0 Å². The Kier molecular flexibility index (Phi) is 5.78. The van der Waals surface area contributed by atoms with Crippen LogP contribution >= 0.6 is 23.8 Å². The molecule has 1 aliphatic heterocycles. The number of likely N-dealkylation sites (tertiary alicyclic amines) is 1. The number of hydrogen-bond acceptors (Lipinski definition) is 3. The third-order valence-corrected chi connectivity index (χ3v) is 3.88. The standard InChI is InChI=1S/C14H19ClN4OS/c15-11-3-1-2-4-12(11)18-14(20)17-10-5-7-19(8-6-10)9-13(16)21/h1-4,10H,5-9H2,(H2,16,21)(H2,17,18,20). The minimum Gasteiger partial charge on any atom is -0.392 e. The maximum absolute atomic E-state index is 12.0. The van der Waals surface area contributed by atoms with E-state index in [0.717, 1.165) is 25.9 Å². The van der Waals surface area contributed by atoms with E-state index in [-0.39, 0.29) is 12.1 Å². The Balaban J connectivity index is 1.77. The van der Waals surface area contributed by atoms with Gasteiger partial charge in [-0.25, -0.2) is 4.79 Å². The van der Waals surface area contributed by atoms with E-state index in [1.807, 2.05) is 12.1 Å². The van der Waals surface area contributed by atoms with Crippen LogP contribution in [0.5, 0.6) is 0 Å². The minimum atomic E-state index is -0.226. The van der Waals surface area contributed by atoms with Crippen molar-refractivity contribution in [3.63, 3.8) is 0 Å². The second-order valence-corrected chi connectivity index (χ2v) is 6.03. The maximum Gasteiger partial charge on any atom is 0.319 e. The predicted octanol–water partition coefficient (Wildman–Crippen LogP) is 2.21. The first-order chi connectivity index (χ1) is 10.0. The second-order valence-electron chi connectivity index (χ2n) is 5.10. The third kappa shape index (κ3) is 5.15. The van der Waals surface area contributed by atoms with E-state index in [0.29, 0.717) is 22.2 Å². The van der Waals surface area contributed by atoms with Crippen LogP contribution in [0.1, 0.15) is 12.8 Å². The van der Waals surface area contributed by atoms with Crippen LogP contribution in [0.15, 0.2) is 24.3 Å². The van der Waals surface area contributed by atoms with Gasteiger partial charge in [0.1, 0.15) is 0 Å². The van der Waals surface area contributed by atoms with Crippen LogP contribution < -0.4 is 16.4 Å². The number of carbonyl (C=O) groups excluding carboxylic acids is 1. The van der Waals surface area contributed by atoms with Crippen molar-refractivity contribution in [2.24, 2.45) is 5.73 Å². The molecule has 1 aliphatic rings. The monoisotopic (exact) mass is 326 g/mol. The van der Waals surface area contributed by atoms with E-state index >= 15 is 0 Å². The molecule has 4 N–H and O–H groups in total. The molecule has 0 saturated carbocycles. The van der Waals surface area contributed by atoms with Crippen LogP contribution in [0, 0.1) is 0 Å². The SMILES string of the molecule is NC(=S)CN1CCC(NC(=O)Nc2ccccc2Cl)CC1. The molecule has 0 aliphatic carbocycles. The van der Waals surface area contributed by atoms with Crippen LogP contribution in [0.25, 0.3) is 0 Å². The summed E-state index contributed by atoms with van der Waals surface area (Å²) in [7, 11) is 0. The number of urea groups is 1. The van der Waals surface area contributed by atoms with Crippen LogP contribution in [0.4, 0.5) is 10.5 Å². The number of carbonyl (C=O) groups is 1. The predicted molar refractivity (Wildman–Crippen MR) is 89.9 cm³/mol. The fourth-order valence-electron chi connectivity index (χ4n) is 2.36. The van der Waals surface area contributed by atoms with E-state index in [9.17, 15) is 4.79 Å². The largest absolute Gasteiger partial charge is 0.392 e. The molecule has 2 amide bonds. The molecule has 0 radical (unpaired) electrons. The van der Waals surface area contributed by atoms with Crippen molar-refractivity contribution < 1.29 is 4.79 Å². The molecular weight excluding hydrogens is 308 g/mol. The first kappa shape index (κ1) is 16.0. The first-order valence-corrected chi connectivity index (χ1v) is 7.66. The van der Waals surface area contributed by atoms with Crippen molar-refractivity contribution in [3.05, 3.63) is 29.3 Å². The molecule has 0 unspecified atom stereocenters. The number of nitrogens with two attached hydrogens (primary N) is 1. The number of benzene rings is 1. The number of halogens is 1. The molecule has 5 nitrogen and oxygen atoms in total. The van der Waals surface area contributed by atoms with Gasteiger partial charge < -0.3 is 16.4 Å². The number of rotatable bonds is 4. The number of nitrogens with one attached hydrogen (secondary N) is 2. The Morgan fingerprint density at radius 2 is 2.05 bits per heavy atom. The number of amides is 2. The molecule has 114 valence electrons. The summed E-state index contributed by atoms with van der Waals surface area (Å²) in [5.41, 5.74) is 6.15. The lowest BCUT2D eigenvalue weighted by atomic mass is 10.1. The summed E-state index contributed by atoms with van der Waals surface area (Å²) in [6.07, 6.45) is 1.77. The van der Waals surface area contributed by atoms with Gasteiger partial charge in [-0.3, -0.25) is 4.90 Å². The summed E-state index contributed by atoms with van der Waals surface area (Å²) in [5.74, 6) is 0. The summed E-state index contributed by atoms with van der Waals surface area (Å²) >= 11 is 10.9. The highest BCUT2D eigenvalue weighted by Crippen LogP contribution is 2.20. The van der Waals surface area contributed by atoms with Gasteiger partial charge >= 0.3 is 6.03 Å². The number of piperidine rings is 1. The molecule has 1 heterocycles. The average Bonchev–Trinajstić information content (AvgIpc) is 2.43. The second kappa shape index (κ2) is 7.59. The Morgan fingerprint density at radius 1 is 1.38 bits per heavy atom. The molecule has 21 heavy (non-hydrogen) atoms. The highest BCUT2D eigenvalue weighted by molar-refractivity contribution is 7.80. The van der Waals surface area contributed by atoms with Gasteiger partial charge in [0.2, 0.25) is 0 Å². The number of nitrogens with zero attached hydrogens (tertiary/aromatic N) is 1. The van der Waals surface area contributed by atoms with Crippen LogP contribution in [0.2, 0.25) is 5.02 Å². The van der Waals surface area contributed by atoms with E-state index in [1.54, 1.807) is 12.1 Å². The van der Waals surface area contributed by atoms with Gasteiger partial charge in [-0.2, -0.15) is 0 Å². The summed E-state index contributed by atoms with van der Waals surface area (Å²) in [6, 6.07) is 7.10. The Hall–Kier alpha value is -1.37. The Labute approximate surface area is 134 Å². The third-order valence-electron chi connectivity index (χ3n) is 3.42. The molecule has 0 bridgehead atoms. The van der Waals surface area contributed by atoms with Crippen molar-refractivity contribution in [3.8, 4) is 0 Å². The Bertz CT molecular complexity index is 517. The molecule has 0 spiro atoms. The number of thiocarbonyl (C=S) groups is 1. The molecule has 7 heteroatoms. The molecule has 1 aromatic carbocycles. The lowest BCUT2D eigenvalue weighted by molar-refractivity contribution is 0.213. The quantitative estimate of drug-likeness (QED) is 0.742. The number of hydrogen-bond donors (Lipinski definition) is 3. The number of para-hydroxylation sites is 1. The zero-order valence-corrected chi connectivity index (χ0v) is 13.2. The van der Waals surface area contributed by atoms with Gasteiger partial charge in [0.25, 0.3) is 0 Å². The summed E-state index contributed by atoms with van der Waals surface area (Å²) < 4.78 is 0. The first-order valence-electron chi connectivity index (χ1n) is 6.87. The lowest BCUT2D eigenvalue weighted by Crippen LogP contribution is -2.47. The van der Waals surface area contributed by atoms with Crippen LogP contribution in [0.3, 0.4) is 0 Å². The fraction of sp³-hybridized carbons (Fsp3) is 0.429. The van der Waals surface area contributed by atoms with Crippen molar-refractivity contribution in [2.45, 2.75) is 18.9 Å². The van der Waals surface area contributed by atoms with E-state index < -0.39 is 0 Å². The zero-order valence-electron chi connectivity index (χ0n) is 11.6. The molecular formula is C14H19ClN4OS. The normalized spacial score (nSPS) is 16.4. The van der Waals surface area contributed by atoms with Crippen LogP contribution in [-0.2, 0) is 0 Å². The minimum absolute atomic E-state index is 0.162. The fourth-order valence-corrected chi connectivity index (χ4v) is 2.73. The van der Waals surface area contributed by atoms with Gasteiger partial charge in [-0.05, 0) is 25.0 Å². The summed E-state index contributed by atoms with van der Waals surface area (Å²) in [6.45, 7) is 2.41. The molecule has 1 fully saturated rings. The zero-order chi connectivity index (χ0) is 15.2. The average molecular weight is 327 g/mol. The van der Waals surface area contributed by atoms with Crippen molar-refractivity contribution in [1.29, 1.82) is 0 Å². The van der Waals surface area contributed by atoms with Crippen molar-refractivity contribution >= 4 is 40.5 Å². The van der Waals surface area contributed by atoms with E-state index in [4.69, 9.17) is 29.6 Å². The molecule has 2 rings (SSSR count). The molecule has 1 aromatic rings. The molecule has 0 atom stereocenters.